The summed E-state index contributed by atoms with van der Waals surface area (Å²) in [5, 5.41) is 10.9. The van der Waals surface area contributed by atoms with E-state index in [1.807, 2.05) is 26.0 Å². The smallest absolute Gasteiger partial charge is 0.222 e. The van der Waals surface area contributed by atoms with Crippen molar-refractivity contribution >= 4 is 5.91 Å². The fraction of sp³-hybridized carbons (Fsp3) is 0.500. The van der Waals surface area contributed by atoms with Crippen LogP contribution < -0.4 is 0 Å². The summed E-state index contributed by atoms with van der Waals surface area (Å²) in [6.07, 6.45) is 2.74. The van der Waals surface area contributed by atoms with Crippen LogP contribution in [0, 0.1) is 13.8 Å². The van der Waals surface area contributed by atoms with E-state index in [4.69, 9.17) is 0 Å². The zero-order valence-electron chi connectivity index (χ0n) is 12.7. The summed E-state index contributed by atoms with van der Waals surface area (Å²) in [4.78, 5) is 18.2. The lowest BCUT2D eigenvalue weighted by atomic mass is 10.2. The number of hydrogen-bond donors (Lipinski definition) is 0. The van der Waals surface area contributed by atoms with Crippen molar-refractivity contribution in [2.45, 2.75) is 39.8 Å². The maximum Gasteiger partial charge on any atom is 0.222 e. The Hall–Kier alpha value is -2.31. The van der Waals surface area contributed by atoms with Crippen molar-refractivity contribution < 1.29 is 4.79 Å². The van der Waals surface area contributed by atoms with Gasteiger partial charge < -0.3 is 4.90 Å². The molecule has 0 unspecified atom stereocenters. The van der Waals surface area contributed by atoms with Gasteiger partial charge in [-0.3, -0.25) is 9.78 Å². The highest BCUT2D eigenvalue weighted by atomic mass is 16.2. The van der Waals surface area contributed by atoms with Crippen LogP contribution in [0.5, 0.6) is 0 Å². The number of pyridine rings is 1. The minimum atomic E-state index is 0.101. The Balaban J connectivity index is 1.81. The van der Waals surface area contributed by atoms with Crippen molar-refractivity contribution in [1.29, 1.82) is 0 Å². The Morgan fingerprint density at radius 3 is 2.81 bits per heavy atom. The average molecular weight is 288 g/mol. The molecule has 0 aliphatic heterocycles. The maximum absolute atomic E-state index is 12.1. The lowest BCUT2D eigenvalue weighted by molar-refractivity contribution is -0.130. The molecule has 2 heterocycles. The van der Waals surface area contributed by atoms with Gasteiger partial charge in [-0.25, -0.2) is 4.68 Å². The second-order valence-corrected chi connectivity index (χ2v) is 5.20. The zero-order valence-corrected chi connectivity index (χ0v) is 12.7. The molecule has 0 N–H and O–H groups in total. The predicted molar refractivity (Wildman–Crippen MR) is 77.2 cm³/mol. The predicted octanol–water partition coefficient (Wildman–Crippen LogP) is 1.12. The summed E-state index contributed by atoms with van der Waals surface area (Å²) >= 11 is 0. The van der Waals surface area contributed by atoms with Gasteiger partial charge in [0.15, 0.2) is 0 Å². The molecular formula is C14H20N6O. The topological polar surface area (TPSA) is 76.8 Å². The number of tetrazole rings is 1. The van der Waals surface area contributed by atoms with Crippen LogP contribution in [-0.4, -0.2) is 43.0 Å². The highest BCUT2D eigenvalue weighted by molar-refractivity contribution is 5.75. The molecule has 0 aromatic carbocycles. The number of aryl methyl sites for hydroxylation is 3. The highest BCUT2D eigenvalue weighted by Gasteiger charge is 2.10. The Labute approximate surface area is 124 Å². The molecule has 0 saturated heterocycles. The molecule has 112 valence electrons. The number of carbonyl (C=O) groups excluding carboxylic acids is 1. The van der Waals surface area contributed by atoms with Crippen molar-refractivity contribution in [2.24, 2.45) is 0 Å². The van der Waals surface area contributed by atoms with Gasteiger partial charge in [0.1, 0.15) is 6.33 Å². The Morgan fingerprint density at radius 1 is 1.33 bits per heavy atom. The largest absolute Gasteiger partial charge is 0.340 e. The van der Waals surface area contributed by atoms with E-state index >= 15 is 0 Å². The Morgan fingerprint density at radius 2 is 2.14 bits per heavy atom. The number of aromatic nitrogens is 5. The molecule has 2 aromatic rings. The van der Waals surface area contributed by atoms with Crippen LogP contribution >= 0.6 is 0 Å². The fourth-order valence-electron chi connectivity index (χ4n) is 2.20. The van der Waals surface area contributed by atoms with Crippen LogP contribution in [0.2, 0.25) is 0 Å². The van der Waals surface area contributed by atoms with E-state index in [1.165, 1.54) is 0 Å². The SMILES string of the molecule is Cc1cc(C)nc(CN(C)C(=O)CCCn2cnnn2)c1. The summed E-state index contributed by atoms with van der Waals surface area (Å²) in [5.74, 6) is 0.101. The van der Waals surface area contributed by atoms with Crippen molar-refractivity contribution in [3.8, 4) is 0 Å². The van der Waals surface area contributed by atoms with E-state index in [1.54, 1.807) is 23.0 Å². The number of nitrogens with zero attached hydrogens (tertiary/aromatic N) is 6. The molecule has 0 bridgehead atoms. The second kappa shape index (κ2) is 6.92. The number of rotatable bonds is 6. The minimum absolute atomic E-state index is 0.101. The van der Waals surface area contributed by atoms with Crippen LogP contribution in [0.3, 0.4) is 0 Å². The highest BCUT2D eigenvalue weighted by Crippen LogP contribution is 2.08. The molecule has 0 aliphatic rings. The van der Waals surface area contributed by atoms with Crippen molar-refractivity contribution in [3.05, 3.63) is 35.4 Å². The van der Waals surface area contributed by atoms with Crippen molar-refractivity contribution in [2.75, 3.05) is 7.05 Å². The summed E-state index contributed by atoms with van der Waals surface area (Å²) in [5.41, 5.74) is 3.06. The molecule has 1 amide bonds. The molecule has 0 radical (unpaired) electrons. The Kier molecular flexibility index (Phi) is 4.97. The molecule has 7 nitrogen and oxygen atoms in total. The van der Waals surface area contributed by atoms with E-state index in [0.29, 0.717) is 25.9 Å². The van der Waals surface area contributed by atoms with Crippen molar-refractivity contribution in [1.82, 2.24) is 30.1 Å². The van der Waals surface area contributed by atoms with E-state index in [0.717, 1.165) is 17.0 Å². The first-order valence-electron chi connectivity index (χ1n) is 6.93. The van der Waals surface area contributed by atoms with E-state index < -0.39 is 0 Å². The molecule has 21 heavy (non-hydrogen) atoms. The van der Waals surface area contributed by atoms with Crippen LogP contribution in [0.4, 0.5) is 0 Å². The van der Waals surface area contributed by atoms with Crippen LogP contribution in [0.1, 0.15) is 29.8 Å². The first kappa shape index (κ1) is 15.1. The van der Waals surface area contributed by atoms with Gasteiger partial charge >= 0.3 is 0 Å². The van der Waals surface area contributed by atoms with Gasteiger partial charge in [-0.05, 0) is 48.4 Å². The number of amides is 1. The van der Waals surface area contributed by atoms with Crippen molar-refractivity contribution in [3.63, 3.8) is 0 Å². The van der Waals surface area contributed by atoms with Gasteiger partial charge in [0.05, 0.1) is 12.2 Å². The number of carbonyl (C=O) groups is 1. The van der Waals surface area contributed by atoms with Gasteiger partial charge in [0.25, 0.3) is 0 Å². The molecule has 0 spiro atoms. The molecule has 0 atom stereocenters. The number of hydrogen-bond acceptors (Lipinski definition) is 5. The van der Waals surface area contributed by atoms with Gasteiger partial charge in [-0.15, -0.1) is 5.10 Å². The lowest BCUT2D eigenvalue weighted by Crippen LogP contribution is -2.26. The first-order valence-corrected chi connectivity index (χ1v) is 6.93. The summed E-state index contributed by atoms with van der Waals surface area (Å²) in [7, 11) is 1.80. The normalized spacial score (nSPS) is 10.6. The molecule has 0 fully saturated rings. The summed E-state index contributed by atoms with van der Waals surface area (Å²) in [6, 6.07) is 4.04. The molecular weight excluding hydrogens is 268 g/mol. The fourth-order valence-corrected chi connectivity index (χ4v) is 2.20. The Bertz CT molecular complexity index is 575. The first-order chi connectivity index (χ1) is 10.0. The van der Waals surface area contributed by atoms with Gasteiger partial charge in [0.2, 0.25) is 5.91 Å². The van der Waals surface area contributed by atoms with E-state index in [2.05, 4.69) is 20.5 Å². The van der Waals surface area contributed by atoms with E-state index in [-0.39, 0.29) is 5.91 Å². The molecule has 7 heteroatoms. The van der Waals surface area contributed by atoms with Crippen LogP contribution in [0.25, 0.3) is 0 Å². The third-order valence-corrected chi connectivity index (χ3v) is 3.15. The van der Waals surface area contributed by atoms with E-state index in [9.17, 15) is 4.79 Å². The zero-order chi connectivity index (χ0) is 15.2. The van der Waals surface area contributed by atoms with Crippen LogP contribution in [-0.2, 0) is 17.9 Å². The maximum atomic E-state index is 12.1. The second-order valence-electron chi connectivity index (χ2n) is 5.20. The van der Waals surface area contributed by atoms with Gasteiger partial charge in [-0.2, -0.15) is 0 Å². The average Bonchev–Trinajstić information content (AvgIpc) is 2.90. The standard InChI is InChI=1S/C14H20N6O/c1-11-7-12(2)16-13(8-11)9-19(3)14(21)5-4-6-20-10-15-17-18-20/h7-8,10H,4-6,9H2,1-3H3. The van der Waals surface area contributed by atoms with Gasteiger partial charge in [0, 0.05) is 25.7 Å². The monoisotopic (exact) mass is 288 g/mol. The van der Waals surface area contributed by atoms with Gasteiger partial charge in [-0.1, -0.05) is 0 Å². The quantitative estimate of drug-likeness (QED) is 0.796. The molecule has 0 saturated carbocycles. The minimum Gasteiger partial charge on any atom is -0.340 e. The third-order valence-electron chi connectivity index (χ3n) is 3.15. The lowest BCUT2D eigenvalue weighted by Gasteiger charge is -2.17. The third kappa shape index (κ3) is 4.62. The molecule has 0 aliphatic carbocycles. The molecule has 2 rings (SSSR count). The summed E-state index contributed by atoms with van der Waals surface area (Å²) < 4.78 is 1.62. The molecule has 2 aromatic heterocycles. The van der Waals surface area contributed by atoms with Crippen LogP contribution in [0.15, 0.2) is 18.5 Å². The summed E-state index contributed by atoms with van der Waals surface area (Å²) in [6.45, 7) is 5.18.